The SMILES string of the molecule is Cc1ccccc1OC1C(C(=O)OC(C#N)c2cccc(Oc3ccccc3)c2)C1(C)C. The molecule has 0 spiro atoms. The monoisotopic (exact) mass is 427 g/mol. The van der Waals surface area contributed by atoms with Crippen molar-refractivity contribution in [2.45, 2.75) is 33.0 Å². The average Bonchev–Trinajstić information content (AvgIpc) is 3.34. The van der Waals surface area contributed by atoms with E-state index in [4.69, 9.17) is 14.2 Å². The number of nitriles is 1. The van der Waals surface area contributed by atoms with Gasteiger partial charge in [-0.2, -0.15) is 5.26 Å². The summed E-state index contributed by atoms with van der Waals surface area (Å²) in [4.78, 5) is 12.9. The third-order valence-corrected chi connectivity index (χ3v) is 5.82. The zero-order valence-electron chi connectivity index (χ0n) is 18.3. The Morgan fingerprint density at radius 2 is 1.66 bits per heavy atom. The number of para-hydroxylation sites is 2. The van der Waals surface area contributed by atoms with E-state index in [-0.39, 0.29) is 11.5 Å². The summed E-state index contributed by atoms with van der Waals surface area (Å²) in [6, 6.07) is 26.2. The summed E-state index contributed by atoms with van der Waals surface area (Å²) >= 11 is 0. The van der Waals surface area contributed by atoms with Crippen LogP contribution in [0.4, 0.5) is 0 Å². The molecule has 3 aromatic carbocycles. The van der Waals surface area contributed by atoms with Crippen molar-refractivity contribution in [2.24, 2.45) is 11.3 Å². The van der Waals surface area contributed by atoms with Crippen molar-refractivity contribution < 1.29 is 19.0 Å². The molecule has 0 aromatic heterocycles. The second-order valence-corrected chi connectivity index (χ2v) is 8.54. The number of hydrogen-bond acceptors (Lipinski definition) is 5. The van der Waals surface area contributed by atoms with Crippen LogP contribution in [0.1, 0.15) is 31.1 Å². The number of carbonyl (C=O) groups is 1. The van der Waals surface area contributed by atoms with E-state index in [2.05, 4.69) is 6.07 Å². The quantitative estimate of drug-likeness (QED) is 0.433. The van der Waals surface area contributed by atoms with E-state index < -0.39 is 18.0 Å². The molecule has 1 aliphatic carbocycles. The molecule has 0 saturated heterocycles. The fourth-order valence-electron chi connectivity index (χ4n) is 3.79. The molecule has 162 valence electrons. The predicted octanol–water partition coefficient (Wildman–Crippen LogP) is 6.00. The number of rotatable bonds is 7. The predicted molar refractivity (Wildman–Crippen MR) is 120 cm³/mol. The van der Waals surface area contributed by atoms with E-state index in [1.807, 2.05) is 75.4 Å². The number of ether oxygens (including phenoxy) is 3. The maximum absolute atomic E-state index is 12.9. The summed E-state index contributed by atoms with van der Waals surface area (Å²) in [7, 11) is 0. The van der Waals surface area contributed by atoms with Gasteiger partial charge >= 0.3 is 5.97 Å². The summed E-state index contributed by atoms with van der Waals surface area (Å²) in [6.07, 6.45) is -1.33. The van der Waals surface area contributed by atoms with Gasteiger partial charge in [0.05, 0.1) is 0 Å². The van der Waals surface area contributed by atoms with Gasteiger partial charge in [-0.05, 0) is 42.8 Å². The molecule has 1 fully saturated rings. The Morgan fingerprint density at radius 1 is 0.969 bits per heavy atom. The Bertz CT molecular complexity index is 1150. The highest BCUT2D eigenvalue weighted by Gasteiger charge is 2.65. The van der Waals surface area contributed by atoms with Crippen molar-refractivity contribution in [3.63, 3.8) is 0 Å². The molecule has 4 rings (SSSR count). The lowest BCUT2D eigenvalue weighted by atomic mass is 10.1. The Labute approximate surface area is 188 Å². The topological polar surface area (TPSA) is 68.5 Å². The zero-order valence-corrected chi connectivity index (χ0v) is 18.3. The summed E-state index contributed by atoms with van der Waals surface area (Å²) < 4.78 is 17.6. The smallest absolute Gasteiger partial charge is 0.315 e. The number of hydrogen-bond donors (Lipinski definition) is 0. The molecule has 0 bridgehead atoms. The van der Waals surface area contributed by atoms with E-state index in [0.29, 0.717) is 17.1 Å². The van der Waals surface area contributed by atoms with E-state index in [0.717, 1.165) is 11.3 Å². The molecule has 0 N–H and O–H groups in total. The highest BCUT2D eigenvalue weighted by Crippen LogP contribution is 2.55. The molecule has 1 aliphatic rings. The molecule has 3 aromatic rings. The van der Waals surface area contributed by atoms with Crippen LogP contribution in [0.2, 0.25) is 0 Å². The van der Waals surface area contributed by atoms with Crippen LogP contribution in [0, 0.1) is 29.6 Å². The standard InChI is InChI=1S/C27H25NO4/c1-18-10-7-8-15-22(18)31-25-24(27(25,2)3)26(29)32-23(17-28)19-11-9-14-21(16-19)30-20-12-5-4-6-13-20/h4-16,23-25H,1-3H3. The van der Waals surface area contributed by atoms with Gasteiger partial charge in [-0.15, -0.1) is 0 Å². The van der Waals surface area contributed by atoms with Crippen LogP contribution in [0.25, 0.3) is 0 Å². The molecule has 5 heteroatoms. The number of carbonyl (C=O) groups excluding carboxylic acids is 1. The lowest BCUT2D eigenvalue weighted by molar-refractivity contribution is -0.149. The summed E-state index contributed by atoms with van der Waals surface area (Å²) in [5.74, 6) is 1.13. The first-order chi connectivity index (χ1) is 15.4. The second kappa shape index (κ2) is 8.76. The van der Waals surface area contributed by atoms with Crippen LogP contribution in [0.3, 0.4) is 0 Å². The largest absolute Gasteiger partial charge is 0.489 e. The van der Waals surface area contributed by atoms with Crippen molar-refractivity contribution in [1.29, 1.82) is 5.26 Å². The van der Waals surface area contributed by atoms with Gasteiger partial charge < -0.3 is 14.2 Å². The van der Waals surface area contributed by atoms with Gasteiger partial charge in [-0.1, -0.05) is 62.4 Å². The Balaban J connectivity index is 1.45. The molecule has 3 unspecified atom stereocenters. The average molecular weight is 428 g/mol. The number of benzene rings is 3. The van der Waals surface area contributed by atoms with Crippen molar-refractivity contribution in [1.82, 2.24) is 0 Å². The first kappa shape index (κ1) is 21.5. The second-order valence-electron chi connectivity index (χ2n) is 8.54. The lowest BCUT2D eigenvalue weighted by Crippen LogP contribution is -2.16. The lowest BCUT2D eigenvalue weighted by Gasteiger charge is -2.13. The van der Waals surface area contributed by atoms with Crippen molar-refractivity contribution in [3.05, 3.63) is 90.0 Å². The van der Waals surface area contributed by atoms with Gasteiger partial charge in [0.2, 0.25) is 6.10 Å². The Hall–Kier alpha value is -3.78. The van der Waals surface area contributed by atoms with Gasteiger partial charge in [-0.25, -0.2) is 0 Å². The first-order valence-corrected chi connectivity index (χ1v) is 10.6. The number of nitrogens with zero attached hydrogens (tertiary/aromatic N) is 1. The fraction of sp³-hybridized carbons (Fsp3) is 0.259. The summed E-state index contributed by atoms with van der Waals surface area (Å²) in [5.41, 5.74) is 1.19. The van der Waals surface area contributed by atoms with E-state index in [9.17, 15) is 10.1 Å². The normalized spacial score (nSPS) is 19.3. The van der Waals surface area contributed by atoms with Crippen LogP contribution in [0.5, 0.6) is 17.2 Å². The molecule has 1 saturated carbocycles. The maximum atomic E-state index is 12.9. The molecule has 0 heterocycles. The molecular weight excluding hydrogens is 402 g/mol. The summed E-state index contributed by atoms with van der Waals surface area (Å²) in [5, 5.41) is 9.68. The van der Waals surface area contributed by atoms with Gasteiger partial charge in [0.1, 0.15) is 35.3 Å². The zero-order chi connectivity index (χ0) is 22.7. The van der Waals surface area contributed by atoms with Crippen molar-refractivity contribution >= 4 is 5.97 Å². The fourth-order valence-corrected chi connectivity index (χ4v) is 3.79. The minimum absolute atomic E-state index is 0.303. The third-order valence-electron chi connectivity index (χ3n) is 5.82. The van der Waals surface area contributed by atoms with Crippen LogP contribution in [-0.4, -0.2) is 12.1 Å². The molecule has 0 amide bonds. The number of aryl methyl sites for hydroxylation is 1. The van der Waals surface area contributed by atoms with Crippen LogP contribution in [0.15, 0.2) is 78.9 Å². The molecule has 3 atom stereocenters. The molecule has 5 nitrogen and oxygen atoms in total. The van der Waals surface area contributed by atoms with Crippen molar-refractivity contribution in [2.75, 3.05) is 0 Å². The highest BCUT2D eigenvalue weighted by molar-refractivity contribution is 5.79. The van der Waals surface area contributed by atoms with E-state index >= 15 is 0 Å². The summed E-state index contributed by atoms with van der Waals surface area (Å²) in [6.45, 7) is 5.91. The molecule has 0 radical (unpaired) electrons. The Morgan fingerprint density at radius 3 is 2.38 bits per heavy atom. The van der Waals surface area contributed by atoms with Gasteiger partial charge in [0.25, 0.3) is 0 Å². The van der Waals surface area contributed by atoms with Crippen LogP contribution in [-0.2, 0) is 9.53 Å². The van der Waals surface area contributed by atoms with E-state index in [1.165, 1.54) is 0 Å². The molecular formula is C27H25NO4. The molecule has 0 aliphatic heterocycles. The minimum Gasteiger partial charge on any atom is -0.489 e. The molecule has 32 heavy (non-hydrogen) atoms. The minimum atomic E-state index is -1.03. The van der Waals surface area contributed by atoms with Gasteiger partial charge in [0, 0.05) is 11.0 Å². The Kier molecular flexibility index (Phi) is 5.87. The van der Waals surface area contributed by atoms with Crippen LogP contribution >= 0.6 is 0 Å². The van der Waals surface area contributed by atoms with Gasteiger partial charge in [-0.3, -0.25) is 4.79 Å². The van der Waals surface area contributed by atoms with Crippen LogP contribution < -0.4 is 9.47 Å². The maximum Gasteiger partial charge on any atom is 0.315 e. The highest BCUT2D eigenvalue weighted by atomic mass is 16.6. The third kappa shape index (κ3) is 4.45. The first-order valence-electron chi connectivity index (χ1n) is 10.6. The van der Waals surface area contributed by atoms with Crippen molar-refractivity contribution in [3.8, 4) is 23.3 Å². The number of esters is 1. The van der Waals surface area contributed by atoms with E-state index in [1.54, 1.807) is 24.3 Å². The van der Waals surface area contributed by atoms with Gasteiger partial charge in [0.15, 0.2) is 0 Å².